The quantitative estimate of drug-likeness (QED) is 0.0833. The highest BCUT2D eigenvalue weighted by atomic mass is 16.5. The largest absolute Gasteiger partial charge is 0.480 e. The van der Waals surface area contributed by atoms with Crippen LogP contribution in [0.3, 0.4) is 0 Å². The normalized spacial score (nSPS) is 13.2. The van der Waals surface area contributed by atoms with E-state index in [-0.39, 0.29) is 37.7 Å². The molecule has 5 aromatic rings. The molecule has 9 nitrogen and oxygen atoms in total. The van der Waals surface area contributed by atoms with Crippen molar-refractivity contribution in [3.63, 3.8) is 0 Å². The summed E-state index contributed by atoms with van der Waals surface area (Å²) in [4.78, 5) is 53.1. The average molecular weight is 724 g/mol. The molecule has 1 aliphatic carbocycles. The van der Waals surface area contributed by atoms with Crippen LogP contribution >= 0.6 is 0 Å². The molecule has 6 rings (SSSR count). The minimum absolute atomic E-state index is 0.00854. The number of carbonyl (C=O) groups is 4. The Morgan fingerprint density at radius 3 is 1.57 bits per heavy atom. The molecule has 0 spiro atoms. The molecule has 4 N–H and O–H groups in total. The molecule has 0 fully saturated rings. The minimum Gasteiger partial charge on any atom is -0.480 e. The van der Waals surface area contributed by atoms with E-state index in [2.05, 4.69) is 16.0 Å². The van der Waals surface area contributed by atoms with E-state index < -0.39 is 41.5 Å². The molecule has 3 amide bonds. The Morgan fingerprint density at radius 2 is 1.11 bits per heavy atom. The van der Waals surface area contributed by atoms with Gasteiger partial charge in [-0.2, -0.15) is 0 Å². The molecule has 0 saturated heterocycles. The standard InChI is InChI=1S/C45H45N3O6/c1-30(2)28-40(47-44(53)54-29-38-36-24-14-12-22-34(36)35-23-13-15-25-37(35)38)42(50)46-39(43(51)52)26-27-41(49)48-45(31-16-6-3-7-17-31,32-18-8-4-9-19-32)33-20-10-5-11-21-33/h3-25,30,38-40H,26-29H2,1-2H3,(H,46,50)(H,47,53)(H,48,49)(H,51,52)/t39-,40-/m0/s1. The Kier molecular flexibility index (Phi) is 11.9. The van der Waals surface area contributed by atoms with Crippen molar-refractivity contribution < 1.29 is 29.0 Å². The molecule has 276 valence electrons. The number of ether oxygens (including phenoxy) is 1. The van der Waals surface area contributed by atoms with Gasteiger partial charge in [0, 0.05) is 12.3 Å². The molecule has 0 heterocycles. The minimum atomic E-state index is -1.39. The molecule has 0 bridgehead atoms. The summed E-state index contributed by atoms with van der Waals surface area (Å²) in [5.41, 5.74) is 5.73. The fourth-order valence-corrected chi connectivity index (χ4v) is 7.34. The van der Waals surface area contributed by atoms with Gasteiger partial charge in [0.15, 0.2) is 0 Å². The van der Waals surface area contributed by atoms with E-state index in [9.17, 15) is 24.3 Å². The Balaban J connectivity index is 1.13. The first-order valence-corrected chi connectivity index (χ1v) is 18.3. The molecule has 0 unspecified atom stereocenters. The van der Waals surface area contributed by atoms with Crippen LogP contribution in [0.5, 0.6) is 0 Å². The van der Waals surface area contributed by atoms with Crippen molar-refractivity contribution in [2.45, 2.75) is 56.7 Å². The van der Waals surface area contributed by atoms with E-state index in [1.165, 1.54) is 0 Å². The Bertz CT molecular complexity index is 1930. The lowest BCUT2D eigenvalue weighted by Crippen LogP contribution is -2.52. The van der Waals surface area contributed by atoms with E-state index in [1.807, 2.05) is 153 Å². The van der Waals surface area contributed by atoms with Crippen molar-refractivity contribution in [3.8, 4) is 11.1 Å². The molecule has 9 heteroatoms. The monoisotopic (exact) mass is 723 g/mol. The third-order valence-corrected chi connectivity index (χ3v) is 9.88. The molecular weight excluding hydrogens is 679 g/mol. The highest BCUT2D eigenvalue weighted by Gasteiger charge is 2.38. The SMILES string of the molecule is CC(C)C[C@H](NC(=O)OCC1c2ccccc2-c2ccccc21)C(=O)N[C@@H](CCC(=O)NC(c1ccccc1)(c1ccccc1)c1ccccc1)C(=O)O. The van der Waals surface area contributed by atoms with Crippen LogP contribution in [-0.4, -0.2) is 47.7 Å². The van der Waals surface area contributed by atoms with Gasteiger partial charge in [-0.15, -0.1) is 0 Å². The maximum Gasteiger partial charge on any atom is 0.407 e. The number of amides is 3. The maximum absolute atomic E-state index is 13.9. The van der Waals surface area contributed by atoms with Crippen molar-refractivity contribution in [2.24, 2.45) is 5.92 Å². The third kappa shape index (κ3) is 8.36. The second-order valence-corrected chi connectivity index (χ2v) is 14.0. The Hall–Kier alpha value is -6.22. The van der Waals surface area contributed by atoms with E-state index in [1.54, 1.807) is 0 Å². The fraction of sp³-hybridized carbons (Fsp3) is 0.244. The number of hydrogen-bond donors (Lipinski definition) is 4. The second kappa shape index (κ2) is 17.1. The van der Waals surface area contributed by atoms with Crippen molar-refractivity contribution >= 4 is 23.9 Å². The van der Waals surface area contributed by atoms with Gasteiger partial charge < -0.3 is 25.8 Å². The van der Waals surface area contributed by atoms with Crippen LogP contribution in [0, 0.1) is 5.92 Å². The average Bonchev–Trinajstić information content (AvgIpc) is 3.51. The summed E-state index contributed by atoms with van der Waals surface area (Å²) in [7, 11) is 0. The molecule has 0 saturated carbocycles. The molecule has 2 atom stereocenters. The van der Waals surface area contributed by atoms with Crippen LogP contribution in [0.1, 0.15) is 66.8 Å². The van der Waals surface area contributed by atoms with Gasteiger partial charge in [-0.05, 0) is 57.7 Å². The van der Waals surface area contributed by atoms with Crippen molar-refractivity contribution in [3.05, 3.63) is 167 Å². The van der Waals surface area contributed by atoms with Gasteiger partial charge in [-0.25, -0.2) is 9.59 Å². The van der Waals surface area contributed by atoms with Gasteiger partial charge in [0.1, 0.15) is 24.2 Å². The van der Waals surface area contributed by atoms with Gasteiger partial charge in [-0.3, -0.25) is 9.59 Å². The summed E-state index contributed by atoms with van der Waals surface area (Å²) in [6.45, 7) is 3.87. The molecule has 0 aliphatic heterocycles. The van der Waals surface area contributed by atoms with Crippen molar-refractivity contribution in [1.82, 2.24) is 16.0 Å². The number of hydrogen-bond acceptors (Lipinski definition) is 5. The number of nitrogens with one attached hydrogen (secondary N) is 3. The van der Waals surface area contributed by atoms with Crippen molar-refractivity contribution in [1.29, 1.82) is 0 Å². The van der Waals surface area contributed by atoms with Gasteiger partial charge in [0.25, 0.3) is 0 Å². The lowest BCUT2D eigenvalue weighted by molar-refractivity contribution is -0.142. The van der Waals surface area contributed by atoms with Crippen LogP contribution in [0.25, 0.3) is 11.1 Å². The molecule has 0 radical (unpaired) electrons. The van der Waals surface area contributed by atoms with Crippen molar-refractivity contribution in [2.75, 3.05) is 6.61 Å². The van der Waals surface area contributed by atoms with Gasteiger partial charge >= 0.3 is 12.1 Å². The van der Waals surface area contributed by atoms with Crippen LogP contribution in [0.15, 0.2) is 140 Å². The van der Waals surface area contributed by atoms with Crippen LogP contribution in [-0.2, 0) is 24.7 Å². The van der Waals surface area contributed by atoms with Gasteiger partial charge in [0.05, 0.1) is 0 Å². The first kappa shape index (κ1) is 37.5. The number of fused-ring (bicyclic) bond motifs is 3. The maximum atomic E-state index is 13.9. The Labute approximate surface area is 315 Å². The van der Waals surface area contributed by atoms with Crippen LogP contribution < -0.4 is 16.0 Å². The summed E-state index contributed by atoms with van der Waals surface area (Å²) >= 11 is 0. The predicted molar refractivity (Wildman–Crippen MR) is 208 cm³/mol. The van der Waals surface area contributed by atoms with E-state index in [0.717, 1.165) is 38.9 Å². The highest BCUT2D eigenvalue weighted by Crippen LogP contribution is 2.44. The smallest absolute Gasteiger partial charge is 0.407 e. The first-order valence-electron chi connectivity index (χ1n) is 18.3. The van der Waals surface area contributed by atoms with Gasteiger partial charge in [0.2, 0.25) is 11.8 Å². The van der Waals surface area contributed by atoms with E-state index in [0.29, 0.717) is 0 Å². The molecular formula is C45H45N3O6. The molecule has 1 aliphatic rings. The number of carboxylic acids is 1. The summed E-state index contributed by atoms with van der Waals surface area (Å²) in [6.07, 6.45) is -0.903. The predicted octanol–water partition coefficient (Wildman–Crippen LogP) is 7.40. The van der Waals surface area contributed by atoms with E-state index in [4.69, 9.17) is 4.74 Å². The summed E-state index contributed by atoms with van der Waals surface area (Å²) < 4.78 is 5.69. The first-order chi connectivity index (χ1) is 26.2. The zero-order chi connectivity index (χ0) is 38.1. The highest BCUT2D eigenvalue weighted by molar-refractivity contribution is 5.90. The summed E-state index contributed by atoms with van der Waals surface area (Å²) in [5.74, 6) is -2.53. The number of carbonyl (C=O) groups excluding carboxylic acids is 3. The van der Waals surface area contributed by atoms with Gasteiger partial charge in [-0.1, -0.05) is 153 Å². The Morgan fingerprint density at radius 1 is 0.648 bits per heavy atom. The topological polar surface area (TPSA) is 134 Å². The van der Waals surface area contributed by atoms with Crippen LogP contribution in [0.2, 0.25) is 0 Å². The zero-order valence-corrected chi connectivity index (χ0v) is 30.4. The third-order valence-electron chi connectivity index (χ3n) is 9.88. The second-order valence-electron chi connectivity index (χ2n) is 14.0. The summed E-state index contributed by atoms with van der Waals surface area (Å²) in [5, 5.41) is 18.6. The number of carboxylic acid groups (broad SMARTS) is 1. The number of aliphatic carboxylic acids is 1. The molecule has 0 aromatic heterocycles. The van der Waals surface area contributed by atoms with Crippen LogP contribution in [0.4, 0.5) is 4.79 Å². The summed E-state index contributed by atoms with van der Waals surface area (Å²) in [6, 6.07) is 42.4. The lowest BCUT2D eigenvalue weighted by Gasteiger charge is -2.37. The fourth-order valence-electron chi connectivity index (χ4n) is 7.34. The lowest BCUT2D eigenvalue weighted by atomic mass is 9.77. The number of alkyl carbamates (subject to hydrolysis) is 1. The number of rotatable bonds is 15. The molecule has 5 aromatic carbocycles. The zero-order valence-electron chi connectivity index (χ0n) is 30.4. The molecule has 54 heavy (non-hydrogen) atoms. The van der Waals surface area contributed by atoms with E-state index >= 15 is 0 Å². The number of benzene rings is 5.